The molecule has 0 fully saturated rings. The van der Waals surface area contributed by atoms with E-state index >= 15 is 0 Å². The maximum Gasteiger partial charge on any atom is 0.140 e. The van der Waals surface area contributed by atoms with E-state index < -0.39 is 5.60 Å². The first-order valence-electron chi connectivity index (χ1n) is 4.95. The van der Waals surface area contributed by atoms with E-state index in [9.17, 15) is 9.50 Å². The van der Waals surface area contributed by atoms with Gasteiger partial charge in [-0.05, 0) is 59.0 Å². The molecule has 3 heteroatoms. The minimum atomic E-state index is -0.945. The first-order chi connectivity index (χ1) is 6.73. The maximum atomic E-state index is 13.7. The fourth-order valence-electron chi connectivity index (χ4n) is 1.38. The second kappa shape index (κ2) is 4.22. The molecule has 0 spiro atoms. The molecule has 1 N–H and O–H groups in total. The minimum Gasteiger partial charge on any atom is -0.386 e. The molecule has 0 aromatic heterocycles. The molecule has 84 valence electrons. The molecule has 1 rings (SSSR count). The molecule has 0 radical (unpaired) electrons. The molecule has 1 aromatic carbocycles. The van der Waals surface area contributed by atoms with Crippen LogP contribution in [0.1, 0.15) is 44.7 Å². The molecule has 0 aliphatic rings. The first kappa shape index (κ1) is 12.7. The number of aliphatic hydroxyl groups is 1. The quantitative estimate of drug-likeness (QED) is 0.866. The van der Waals surface area contributed by atoms with E-state index in [1.165, 1.54) is 0 Å². The molecule has 1 nitrogen and oxygen atoms in total. The van der Waals surface area contributed by atoms with E-state index in [0.717, 1.165) is 5.56 Å². The molecule has 0 unspecified atom stereocenters. The molecule has 0 saturated heterocycles. The average Bonchev–Trinajstić information content (AvgIpc) is 2.06. The van der Waals surface area contributed by atoms with Crippen molar-refractivity contribution in [3.05, 3.63) is 33.5 Å². The normalized spacial score (nSPS) is 12.3. The highest BCUT2D eigenvalue weighted by Gasteiger charge is 2.20. The Morgan fingerprint density at radius 3 is 2.27 bits per heavy atom. The molecule has 0 saturated carbocycles. The Morgan fingerprint density at radius 2 is 1.87 bits per heavy atom. The summed E-state index contributed by atoms with van der Waals surface area (Å²) in [4.78, 5) is 0. The second-order valence-corrected chi connectivity index (χ2v) is 5.43. The molecule has 15 heavy (non-hydrogen) atoms. The van der Waals surface area contributed by atoms with E-state index in [-0.39, 0.29) is 11.7 Å². The maximum absolute atomic E-state index is 13.7. The highest BCUT2D eigenvalue weighted by atomic mass is 79.9. The Bertz CT molecular complexity index is 367. The zero-order valence-corrected chi connectivity index (χ0v) is 11.0. The highest BCUT2D eigenvalue weighted by Crippen LogP contribution is 2.31. The van der Waals surface area contributed by atoms with Gasteiger partial charge in [-0.3, -0.25) is 0 Å². The van der Waals surface area contributed by atoms with Gasteiger partial charge in [0, 0.05) is 0 Å². The van der Waals surface area contributed by atoms with E-state index in [2.05, 4.69) is 15.9 Å². The van der Waals surface area contributed by atoms with Crippen LogP contribution in [0.25, 0.3) is 0 Å². The van der Waals surface area contributed by atoms with E-state index in [0.29, 0.717) is 10.0 Å². The van der Waals surface area contributed by atoms with Crippen molar-refractivity contribution in [3.63, 3.8) is 0 Å². The van der Waals surface area contributed by atoms with Gasteiger partial charge in [0.05, 0.1) is 10.1 Å². The van der Waals surface area contributed by atoms with E-state index in [1.54, 1.807) is 26.0 Å². The monoisotopic (exact) mass is 274 g/mol. The smallest absolute Gasteiger partial charge is 0.140 e. The molecule has 1 aromatic rings. The Labute approximate surface area is 98.4 Å². The van der Waals surface area contributed by atoms with Crippen molar-refractivity contribution in [1.29, 1.82) is 0 Å². The zero-order chi connectivity index (χ0) is 11.8. The van der Waals surface area contributed by atoms with Crippen LogP contribution < -0.4 is 0 Å². The predicted molar refractivity (Wildman–Crippen MR) is 63.4 cm³/mol. The fraction of sp³-hybridized carbons (Fsp3) is 0.500. The summed E-state index contributed by atoms with van der Waals surface area (Å²) < 4.78 is 14.1. The lowest BCUT2D eigenvalue weighted by molar-refractivity contribution is 0.0783. The topological polar surface area (TPSA) is 20.2 Å². The van der Waals surface area contributed by atoms with Crippen LogP contribution in [-0.4, -0.2) is 5.11 Å². The van der Waals surface area contributed by atoms with Gasteiger partial charge >= 0.3 is 0 Å². The van der Waals surface area contributed by atoms with Crippen molar-refractivity contribution in [2.75, 3.05) is 0 Å². The molecule has 0 heterocycles. The summed E-state index contributed by atoms with van der Waals surface area (Å²) >= 11 is 3.17. The molecular formula is C12H16BrFO. The zero-order valence-electron chi connectivity index (χ0n) is 9.44. The summed E-state index contributed by atoms with van der Waals surface area (Å²) in [6, 6.07) is 3.35. The molecule has 0 bridgehead atoms. The van der Waals surface area contributed by atoms with Crippen molar-refractivity contribution >= 4 is 15.9 Å². The number of benzene rings is 1. The van der Waals surface area contributed by atoms with Gasteiger partial charge in [-0.2, -0.15) is 0 Å². The van der Waals surface area contributed by atoms with Crippen molar-refractivity contribution in [3.8, 4) is 0 Å². The van der Waals surface area contributed by atoms with E-state index in [4.69, 9.17) is 0 Å². The summed E-state index contributed by atoms with van der Waals surface area (Å²) in [6.07, 6.45) is 0. The lowest BCUT2D eigenvalue weighted by Gasteiger charge is -2.20. The number of hydrogen-bond donors (Lipinski definition) is 1. The summed E-state index contributed by atoms with van der Waals surface area (Å²) in [5, 5.41) is 9.87. The van der Waals surface area contributed by atoms with Crippen molar-refractivity contribution in [2.45, 2.75) is 39.2 Å². The third-order valence-corrected chi connectivity index (χ3v) is 2.96. The van der Waals surface area contributed by atoms with Crippen LogP contribution in [0.5, 0.6) is 0 Å². The molecule has 0 aliphatic heterocycles. The average molecular weight is 275 g/mol. The Morgan fingerprint density at radius 1 is 1.33 bits per heavy atom. The summed E-state index contributed by atoms with van der Waals surface area (Å²) in [7, 11) is 0. The van der Waals surface area contributed by atoms with E-state index in [1.807, 2.05) is 13.8 Å². The molecule has 0 aliphatic carbocycles. The van der Waals surface area contributed by atoms with Gasteiger partial charge in [0.25, 0.3) is 0 Å². The number of rotatable bonds is 2. The minimum absolute atomic E-state index is 0.101. The summed E-state index contributed by atoms with van der Waals surface area (Å²) in [5.41, 5.74) is 0.404. The lowest BCUT2D eigenvalue weighted by atomic mass is 9.93. The SMILES string of the molecule is CC(C)c1cc(C(C)(C)O)cc(Br)c1F. The summed E-state index contributed by atoms with van der Waals surface area (Å²) in [6.45, 7) is 7.24. The Hall–Kier alpha value is -0.410. The van der Waals surface area contributed by atoms with Crippen LogP contribution in [0.4, 0.5) is 4.39 Å². The highest BCUT2D eigenvalue weighted by molar-refractivity contribution is 9.10. The summed E-state index contributed by atoms with van der Waals surface area (Å²) in [5.74, 6) is -0.137. The van der Waals surface area contributed by atoms with Gasteiger partial charge < -0.3 is 5.11 Å². The van der Waals surface area contributed by atoms with Crippen LogP contribution >= 0.6 is 15.9 Å². The van der Waals surface area contributed by atoms with Gasteiger partial charge in [0.2, 0.25) is 0 Å². The third kappa shape index (κ3) is 2.79. The van der Waals surface area contributed by atoms with Crippen LogP contribution in [0, 0.1) is 5.82 Å². The lowest BCUT2D eigenvalue weighted by Crippen LogP contribution is -2.16. The predicted octanol–water partition coefficient (Wildman–Crippen LogP) is 3.94. The van der Waals surface area contributed by atoms with Gasteiger partial charge in [-0.15, -0.1) is 0 Å². The molecular weight excluding hydrogens is 259 g/mol. The largest absolute Gasteiger partial charge is 0.386 e. The van der Waals surface area contributed by atoms with Crippen molar-refractivity contribution in [2.24, 2.45) is 0 Å². The van der Waals surface area contributed by atoms with Gasteiger partial charge in [-0.25, -0.2) is 4.39 Å². The van der Waals surface area contributed by atoms with Gasteiger partial charge in [0.15, 0.2) is 0 Å². The number of hydrogen-bond acceptors (Lipinski definition) is 1. The molecule has 0 atom stereocenters. The van der Waals surface area contributed by atoms with Crippen LogP contribution in [0.2, 0.25) is 0 Å². The molecule has 0 amide bonds. The third-order valence-electron chi connectivity index (χ3n) is 2.38. The Kier molecular flexibility index (Phi) is 3.56. The van der Waals surface area contributed by atoms with Gasteiger partial charge in [0.1, 0.15) is 5.82 Å². The van der Waals surface area contributed by atoms with Crippen LogP contribution in [0.3, 0.4) is 0 Å². The Balaban J connectivity index is 3.36. The van der Waals surface area contributed by atoms with Crippen molar-refractivity contribution < 1.29 is 9.50 Å². The fourth-order valence-corrected chi connectivity index (χ4v) is 1.86. The standard InChI is InChI=1S/C12H16BrFO/c1-7(2)9-5-8(12(3,4)15)6-10(13)11(9)14/h5-7,15H,1-4H3. The van der Waals surface area contributed by atoms with Crippen LogP contribution in [-0.2, 0) is 5.60 Å². The first-order valence-corrected chi connectivity index (χ1v) is 5.74. The van der Waals surface area contributed by atoms with Crippen LogP contribution in [0.15, 0.2) is 16.6 Å². The second-order valence-electron chi connectivity index (χ2n) is 4.57. The van der Waals surface area contributed by atoms with Crippen molar-refractivity contribution in [1.82, 2.24) is 0 Å². The number of halogens is 2. The van der Waals surface area contributed by atoms with Gasteiger partial charge in [-0.1, -0.05) is 13.8 Å².